The predicted molar refractivity (Wildman–Crippen MR) is 90.4 cm³/mol. The molecule has 0 radical (unpaired) electrons. The fraction of sp³-hybridized carbons (Fsp3) is 0.500. The molecule has 1 aliphatic heterocycles. The van der Waals surface area contributed by atoms with Crippen LogP contribution < -0.4 is 5.32 Å². The highest BCUT2D eigenvalue weighted by atomic mass is 16.2. The van der Waals surface area contributed by atoms with E-state index in [2.05, 4.69) is 11.4 Å². The Morgan fingerprint density at radius 1 is 1.04 bits per heavy atom. The van der Waals surface area contributed by atoms with E-state index in [0.29, 0.717) is 32.6 Å². The van der Waals surface area contributed by atoms with E-state index in [-0.39, 0.29) is 23.7 Å². The zero-order chi connectivity index (χ0) is 17.3. The Kier molecular flexibility index (Phi) is 4.55. The van der Waals surface area contributed by atoms with Crippen molar-refractivity contribution in [1.82, 2.24) is 9.80 Å². The van der Waals surface area contributed by atoms with Gasteiger partial charge in [0.2, 0.25) is 18.2 Å². The molecular formula is C18H23N3O3. The minimum Gasteiger partial charge on any atom is -0.342 e. The zero-order valence-corrected chi connectivity index (χ0v) is 14.1. The number of benzene rings is 1. The van der Waals surface area contributed by atoms with Crippen LogP contribution in [0.4, 0.5) is 5.69 Å². The number of nitrogens with one attached hydrogen (secondary N) is 1. The maximum atomic E-state index is 12.5. The second-order valence-electron chi connectivity index (χ2n) is 6.78. The smallest absolute Gasteiger partial charge is 0.228 e. The molecule has 0 bridgehead atoms. The summed E-state index contributed by atoms with van der Waals surface area (Å²) in [6.45, 7) is 6.23. The molecule has 1 aliphatic carbocycles. The molecule has 2 unspecified atom stereocenters. The summed E-state index contributed by atoms with van der Waals surface area (Å²) in [5.74, 6) is -0.480. The van der Waals surface area contributed by atoms with Crippen LogP contribution in [-0.2, 0) is 14.4 Å². The van der Waals surface area contributed by atoms with Crippen molar-refractivity contribution in [3.63, 3.8) is 0 Å². The first-order valence-electron chi connectivity index (χ1n) is 8.35. The van der Waals surface area contributed by atoms with Crippen LogP contribution in [-0.4, -0.2) is 54.2 Å². The van der Waals surface area contributed by atoms with Crippen molar-refractivity contribution in [1.29, 1.82) is 0 Å². The van der Waals surface area contributed by atoms with Crippen molar-refractivity contribution in [3.05, 3.63) is 29.3 Å². The first-order valence-corrected chi connectivity index (χ1v) is 8.35. The van der Waals surface area contributed by atoms with Crippen molar-refractivity contribution in [3.8, 4) is 0 Å². The van der Waals surface area contributed by atoms with Crippen molar-refractivity contribution >= 4 is 23.9 Å². The molecule has 3 rings (SSSR count). The van der Waals surface area contributed by atoms with Crippen molar-refractivity contribution < 1.29 is 14.4 Å². The normalized spacial score (nSPS) is 22.9. The van der Waals surface area contributed by atoms with Gasteiger partial charge in [-0.1, -0.05) is 6.07 Å². The molecule has 2 atom stereocenters. The van der Waals surface area contributed by atoms with Crippen LogP contribution in [0.1, 0.15) is 17.5 Å². The fourth-order valence-corrected chi connectivity index (χ4v) is 3.32. The summed E-state index contributed by atoms with van der Waals surface area (Å²) in [5, 5.41) is 2.93. The maximum absolute atomic E-state index is 12.5. The second kappa shape index (κ2) is 6.63. The molecule has 1 saturated heterocycles. The number of amides is 3. The summed E-state index contributed by atoms with van der Waals surface area (Å²) in [5.41, 5.74) is 2.98. The molecule has 1 aromatic rings. The van der Waals surface area contributed by atoms with E-state index in [4.69, 9.17) is 0 Å². The standard InChI is InChI=1S/C18H23N3O3/c1-12-7-13(2)9-14(8-12)19-17(23)15-10-16(15)18(24)21-5-3-20(11-22)4-6-21/h7-9,11,15-16H,3-6,10H2,1-2H3,(H,19,23). The molecule has 2 aliphatic rings. The number of rotatable bonds is 4. The van der Waals surface area contributed by atoms with E-state index in [9.17, 15) is 14.4 Å². The Morgan fingerprint density at radius 3 is 2.25 bits per heavy atom. The average Bonchev–Trinajstić information content (AvgIpc) is 3.34. The molecule has 6 nitrogen and oxygen atoms in total. The van der Waals surface area contributed by atoms with Crippen molar-refractivity contribution in [2.75, 3.05) is 31.5 Å². The number of carbonyl (C=O) groups is 3. The van der Waals surface area contributed by atoms with Gasteiger partial charge >= 0.3 is 0 Å². The third kappa shape index (κ3) is 3.58. The molecule has 2 fully saturated rings. The van der Waals surface area contributed by atoms with Gasteiger partial charge in [-0.05, 0) is 43.5 Å². The number of anilines is 1. The predicted octanol–water partition coefficient (Wildman–Crippen LogP) is 1.18. The molecule has 24 heavy (non-hydrogen) atoms. The number of piperazine rings is 1. The van der Waals surface area contributed by atoms with Gasteiger partial charge in [0.1, 0.15) is 0 Å². The summed E-state index contributed by atoms with van der Waals surface area (Å²) in [6.07, 6.45) is 1.43. The molecule has 6 heteroatoms. The van der Waals surface area contributed by atoms with Crippen LogP contribution in [0.25, 0.3) is 0 Å². The largest absolute Gasteiger partial charge is 0.342 e. The topological polar surface area (TPSA) is 69.7 Å². The van der Waals surface area contributed by atoms with Crippen LogP contribution in [0, 0.1) is 25.7 Å². The maximum Gasteiger partial charge on any atom is 0.228 e. The summed E-state index contributed by atoms with van der Waals surface area (Å²) in [4.78, 5) is 39.0. The first-order chi connectivity index (χ1) is 11.5. The van der Waals surface area contributed by atoms with Crippen LogP contribution in [0.5, 0.6) is 0 Å². The minimum absolute atomic E-state index is 0.0427. The summed E-state index contributed by atoms with van der Waals surface area (Å²) in [7, 11) is 0. The van der Waals surface area contributed by atoms with Gasteiger partial charge in [0.15, 0.2) is 0 Å². The van der Waals surface area contributed by atoms with E-state index in [1.165, 1.54) is 0 Å². The Labute approximate surface area is 141 Å². The molecule has 1 saturated carbocycles. The third-order valence-corrected chi connectivity index (χ3v) is 4.71. The van der Waals surface area contributed by atoms with E-state index in [1.807, 2.05) is 26.0 Å². The Balaban J connectivity index is 1.53. The van der Waals surface area contributed by atoms with Crippen LogP contribution >= 0.6 is 0 Å². The lowest BCUT2D eigenvalue weighted by Crippen LogP contribution is -2.48. The molecule has 0 spiro atoms. The van der Waals surface area contributed by atoms with Gasteiger partial charge in [0, 0.05) is 31.9 Å². The molecule has 3 amide bonds. The quantitative estimate of drug-likeness (QED) is 0.843. The molecule has 1 aromatic carbocycles. The SMILES string of the molecule is Cc1cc(C)cc(NC(=O)C2CC2C(=O)N2CCN(C=O)CC2)c1. The Bertz CT molecular complexity index is 645. The number of hydrogen-bond donors (Lipinski definition) is 1. The molecule has 1 N–H and O–H groups in total. The average molecular weight is 329 g/mol. The van der Waals surface area contributed by atoms with Gasteiger partial charge < -0.3 is 15.1 Å². The minimum atomic E-state index is -0.234. The summed E-state index contributed by atoms with van der Waals surface area (Å²) in [6, 6.07) is 5.92. The molecular weight excluding hydrogens is 306 g/mol. The van der Waals surface area contributed by atoms with E-state index >= 15 is 0 Å². The van der Waals surface area contributed by atoms with E-state index in [1.54, 1.807) is 9.80 Å². The molecule has 128 valence electrons. The highest BCUT2D eigenvalue weighted by molar-refractivity contribution is 5.99. The summed E-state index contributed by atoms with van der Waals surface area (Å²) < 4.78 is 0. The van der Waals surface area contributed by atoms with Crippen molar-refractivity contribution in [2.24, 2.45) is 11.8 Å². The van der Waals surface area contributed by atoms with Crippen molar-refractivity contribution in [2.45, 2.75) is 20.3 Å². The van der Waals surface area contributed by atoms with Gasteiger partial charge in [-0.15, -0.1) is 0 Å². The van der Waals surface area contributed by atoms with E-state index in [0.717, 1.165) is 23.2 Å². The fourth-order valence-electron chi connectivity index (χ4n) is 3.32. The Hall–Kier alpha value is -2.37. The second-order valence-corrected chi connectivity index (χ2v) is 6.78. The van der Waals surface area contributed by atoms with E-state index < -0.39 is 0 Å². The lowest BCUT2D eigenvalue weighted by Gasteiger charge is -2.32. The van der Waals surface area contributed by atoms with Gasteiger partial charge in [0.05, 0.1) is 11.8 Å². The number of carbonyl (C=O) groups excluding carboxylic acids is 3. The van der Waals surface area contributed by atoms with Gasteiger partial charge in [-0.3, -0.25) is 14.4 Å². The first kappa shape index (κ1) is 16.5. The van der Waals surface area contributed by atoms with Gasteiger partial charge in [-0.25, -0.2) is 0 Å². The molecule has 1 heterocycles. The summed E-state index contributed by atoms with van der Waals surface area (Å²) >= 11 is 0. The van der Waals surface area contributed by atoms with Crippen LogP contribution in [0.2, 0.25) is 0 Å². The highest BCUT2D eigenvalue weighted by Crippen LogP contribution is 2.41. The Morgan fingerprint density at radius 2 is 1.67 bits per heavy atom. The monoisotopic (exact) mass is 329 g/mol. The highest BCUT2D eigenvalue weighted by Gasteiger charge is 2.49. The van der Waals surface area contributed by atoms with Gasteiger partial charge in [0.25, 0.3) is 0 Å². The van der Waals surface area contributed by atoms with Gasteiger partial charge in [-0.2, -0.15) is 0 Å². The number of hydrogen-bond acceptors (Lipinski definition) is 3. The lowest BCUT2D eigenvalue weighted by molar-refractivity contribution is -0.137. The third-order valence-electron chi connectivity index (χ3n) is 4.71. The molecule has 0 aromatic heterocycles. The van der Waals surface area contributed by atoms with Crippen LogP contribution in [0.3, 0.4) is 0 Å². The number of aryl methyl sites for hydroxylation is 2. The number of nitrogens with zero attached hydrogens (tertiary/aromatic N) is 2. The zero-order valence-electron chi connectivity index (χ0n) is 14.1. The van der Waals surface area contributed by atoms with Crippen LogP contribution in [0.15, 0.2) is 18.2 Å². The lowest BCUT2D eigenvalue weighted by atomic mass is 10.1.